The molecule has 1 amide bonds. The summed E-state index contributed by atoms with van der Waals surface area (Å²) in [6.45, 7) is 5.60. The van der Waals surface area contributed by atoms with E-state index in [1.807, 2.05) is 49.1 Å². The summed E-state index contributed by atoms with van der Waals surface area (Å²) in [6, 6.07) is 9.62. The lowest BCUT2D eigenvalue weighted by Crippen LogP contribution is -2.61. The number of amides is 1. The summed E-state index contributed by atoms with van der Waals surface area (Å²) in [6.07, 6.45) is 0. The number of nitrogens with one attached hydrogen (secondary N) is 2. The van der Waals surface area contributed by atoms with Gasteiger partial charge in [0.25, 0.3) is 5.56 Å². The maximum Gasteiger partial charge on any atom is 0.252 e. The third-order valence-electron chi connectivity index (χ3n) is 4.21. The number of para-hydroxylation sites is 1. The summed E-state index contributed by atoms with van der Waals surface area (Å²) in [5.41, 5.74) is 0.838. The first-order valence-corrected chi connectivity index (χ1v) is 7.13. The van der Waals surface area contributed by atoms with Gasteiger partial charge in [-0.25, -0.2) is 0 Å². The highest BCUT2D eigenvalue weighted by atomic mass is 16.2. The molecule has 0 spiro atoms. The van der Waals surface area contributed by atoms with E-state index < -0.39 is 5.54 Å². The molecule has 1 aromatic heterocycles. The van der Waals surface area contributed by atoms with Crippen LogP contribution in [0.25, 0.3) is 10.9 Å². The zero-order valence-electron chi connectivity index (χ0n) is 12.3. The van der Waals surface area contributed by atoms with Gasteiger partial charge in [0.1, 0.15) is 0 Å². The van der Waals surface area contributed by atoms with E-state index in [9.17, 15) is 9.59 Å². The molecule has 5 nitrogen and oxygen atoms in total. The van der Waals surface area contributed by atoms with Crippen molar-refractivity contribution in [2.75, 3.05) is 13.1 Å². The molecule has 21 heavy (non-hydrogen) atoms. The number of nitrogens with zero attached hydrogens (tertiary/aromatic N) is 1. The lowest BCUT2D eigenvalue weighted by atomic mass is 9.98. The van der Waals surface area contributed by atoms with Gasteiger partial charge in [0.15, 0.2) is 0 Å². The van der Waals surface area contributed by atoms with Crippen molar-refractivity contribution in [3.05, 3.63) is 46.2 Å². The maximum atomic E-state index is 12.2. The number of fused-ring (bicyclic) bond motifs is 1. The van der Waals surface area contributed by atoms with Gasteiger partial charge in [0, 0.05) is 30.7 Å². The predicted octanol–water partition coefficient (Wildman–Crippen LogP) is 1.24. The number of carbonyl (C=O) groups excluding carboxylic acids is 1. The van der Waals surface area contributed by atoms with Gasteiger partial charge in [-0.05, 0) is 31.4 Å². The van der Waals surface area contributed by atoms with Crippen molar-refractivity contribution in [2.24, 2.45) is 0 Å². The van der Waals surface area contributed by atoms with Crippen molar-refractivity contribution in [1.29, 1.82) is 0 Å². The molecule has 2 N–H and O–H groups in total. The van der Waals surface area contributed by atoms with Gasteiger partial charge in [-0.1, -0.05) is 18.2 Å². The number of rotatable bonds is 2. The van der Waals surface area contributed by atoms with Crippen molar-refractivity contribution in [3.8, 4) is 0 Å². The Morgan fingerprint density at radius 2 is 2.00 bits per heavy atom. The number of carbonyl (C=O) groups is 1. The van der Waals surface area contributed by atoms with Gasteiger partial charge in [-0.15, -0.1) is 0 Å². The fourth-order valence-corrected chi connectivity index (χ4v) is 2.74. The minimum absolute atomic E-state index is 0.00553. The van der Waals surface area contributed by atoms with Crippen molar-refractivity contribution < 1.29 is 4.79 Å². The summed E-state index contributed by atoms with van der Waals surface area (Å²) in [5.74, 6) is 0.00553. The Kier molecular flexibility index (Phi) is 3.29. The van der Waals surface area contributed by atoms with Crippen LogP contribution in [0.5, 0.6) is 0 Å². The van der Waals surface area contributed by atoms with Gasteiger partial charge in [-0.2, -0.15) is 0 Å². The molecule has 0 aliphatic carbocycles. The fraction of sp³-hybridized carbons (Fsp3) is 0.375. The van der Waals surface area contributed by atoms with E-state index >= 15 is 0 Å². The van der Waals surface area contributed by atoms with Crippen LogP contribution < -0.4 is 10.9 Å². The van der Waals surface area contributed by atoms with Crippen LogP contribution >= 0.6 is 0 Å². The molecule has 1 aliphatic heterocycles. The summed E-state index contributed by atoms with van der Waals surface area (Å²) in [7, 11) is 0. The minimum atomic E-state index is -0.601. The Hall–Kier alpha value is -2.14. The Morgan fingerprint density at radius 1 is 1.24 bits per heavy atom. The van der Waals surface area contributed by atoms with Crippen LogP contribution in [0.3, 0.4) is 0 Å². The average molecular weight is 285 g/mol. The van der Waals surface area contributed by atoms with Crippen LogP contribution in [0.15, 0.2) is 35.1 Å². The Labute approximate surface area is 123 Å². The molecule has 2 heterocycles. The number of aromatic amines is 1. The molecular formula is C16H19N3O2. The number of H-pyrrole nitrogens is 1. The van der Waals surface area contributed by atoms with E-state index in [1.54, 1.807) is 0 Å². The normalized spacial score (nSPS) is 18.7. The third-order valence-corrected chi connectivity index (χ3v) is 4.21. The van der Waals surface area contributed by atoms with Gasteiger partial charge in [0.2, 0.25) is 5.91 Å². The fourth-order valence-electron chi connectivity index (χ4n) is 2.74. The first kappa shape index (κ1) is 13.8. The highest BCUT2D eigenvalue weighted by Crippen LogP contribution is 2.20. The molecule has 1 fully saturated rings. The van der Waals surface area contributed by atoms with E-state index in [4.69, 9.17) is 0 Å². The van der Waals surface area contributed by atoms with Crippen LogP contribution in [-0.4, -0.2) is 34.4 Å². The highest BCUT2D eigenvalue weighted by Gasteiger charge is 2.37. The largest absolute Gasteiger partial charge is 0.353 e. The summed E-state index contributed by atoms with van der Waals surface area (Å²) in [5, 5.41) is 3.87. The lowest BCUT2D eigenvalue weighted by Gasteiger charge is -2.41. The van der Waals surface area contributed by atoms with E-state index in [2.05, 4.69) is 10.3 Å². The number of pyridine rings is 1. The second-order valence-electron chi connectivity index (χ2n) is 5.95. The van der Waals surface area contributed by atoms with Gasteiger partial charge in [0.05, 0.1) is 5.54 Å². The monoisotopic (exact) mass is 285 g/mol. The predicted molar refractivity (Wildman–Crippen MR) is 82.1 cm³/mol. The minimum Gasteiger partial charge on any atom is -0.353 e. The SMILES string of the molecule is CC1(C)C(=O)NCCN1Cc1cc2ccccc2[nH]c1=O. The van der Waals surface area contributed by atoms with Crippen molar-refractivity contribution in [2.45, 2.75) is 25.9 Å². The first-order chi connectivity index (χ1) is 9.98. The third kappa shape index (κ3) is 2.45. The molecule has 0 unspecified atom stereocenters. The smallest absolute Gasteiger partial charge is 0.252 e. The second kappa shape index (κ2) is 5.00. The van der Waals surface area contributed by atoms with E-state index in [1.165, 1.54) is 0 Å². The van der Waals surface area contributed by atoms with Gasteiger partial charge in [-0.3, -0.25) is 14.5 Å². The van der Waals surface area contributed by atoms with Crippen molar-refractivity contribution in [3.63, 3.8) is 0 Å². The number of benzene rings is 1. The number of piperazine rings is 1. The summed E-state index contributed by atoms with van der Waals surface area (Å²) in [4.78, 5) is 29.1. The van der Waals surface area contributed by atoms with Crippen LogP contribution in [0.2, 0.25) is 0 Å². The molecule has 0 radical (unpaired) electrons. The Balaban J connectivity index is 1.96. The van der Waals surface area contributed by atoms with Crippen molar-refractivity contribution in [1.82, 2.24) is 15.2 Å². The van der Waals surface area contributed by atoms with Crippen molar-refractivity contribution >= 4 is 16.8 Å². The molecule has 0 bridgehead atoms. The maximum absolute atomic E-state index is 12.2. The zero-order valence-corrected chi connectivity index (χ0v) is 12.3. The lowest BCUT2D eigenvalue weighted by molar-refractivity contribution is -0.135. The zero-order chi connectivity index (χ0) is 15.0. The molecule has 3 rings (SSSR count). The highest BCUT2D eigenvalue weighted by molar-refractivity contribution is 5.86. The van der Waals surface area contributed by atoms with E-state index in [0.29, 0.717) is 18.7 Å². The number of hydrogen-bond donors (Lipinski definition) is 2. The van der Waals surface area contributed by atoms with Crippen LogP contribution in [0.4, 0.5) is 0 Å². The molecule has 2 aromatic rings. The summed E-state index contributed by atoms with van der Waals surface area (Å²) >= 11 is 0. The van der Waals surface area contributed by atoms with Crippen LogP contribution in [0.1, 0.15) is 19.4 Å². The number of hydrogen-bond acceptors (Lipinski definition) is 3. The van der Waals surface area contributed by atoms with Gasteiger partial charge >= 0.3 is 0 Å². The van der Waals surface area contributed by atoms with Crippen LogP contribution in [0, 0.1) is 0 Å². The molecule has 0 saturated carbocycles. The van der Waals surface area contributed by atoms with E-state index in [-0.39, 0.29) is 11.5 Å². The standard InChI is InChI=1S/C16H19N3O2/c1-16(2)15(21)17-7-8-19(16)10-12-9-11-5-3-4-6-13(11)18-14(12)20/h3-6,9H,7-8,10H2,1-2H3,(H,17,21)(H,18,20). The topological polar surface area (TPSA) is 65.2 Å². The Bertz CT molecular complexity index is 749. The van der Waals surface area contributed by atoms with Crippen LogP contribution in [-0.2, 0) is 11.3 Å². The molecule has 1 aromatic carbocycles. The molecule has 0 atom stereocenters. The quantitative estimate of drug-likeness (QED) is 0.872. The molecule has 1 saturated heterocycles. The molecule has 110 valence electrons. The average Bonchev–Trinajstić information content (AvgIpc) is 2.45. The number of aromatic nitrogens is 1. The first-order valence-electron chi connectivity index (χ1n) is 7.13. The molecular weight excluding hydrogens is 266 g/mol. The molecule has 1 aliphatic rings. The summed E-state index contributed by atoms with van der Waals surface area (Å²) < 4.78 is 0. The van der Waals surface area contributed by atoms with E-state index in [0.717, 1.165) is 17.4 Å². The Morgan fingerprint density at radius 3 is 2.81 bits per heavy atom. The molecule has 5 heteroatoms. The second-order valence-corrected chi connectivity index (χ2v) is 5.95. The van der Waals surface area contributed by atoms with Gasteiger partial charge < -0.3 is 10.3 Å².